The van der Waals surface area contributed by atoms with Crippen molar-refractivity contribution in [2.45, 2.75) is 12.6 Å². The highest BCUT2D eigenvalue weighted by atomic mass is 35.5. The smallest absolute Gasteiger partial charge is 0.338 e. The minimum atomic E-state index is -4.41. The molecule has 24 heavy (non-hydrogen) atoms. The van der Waals surface area contributed by atoms with Gasteiger partial charge in [0.1, 0.15) is 4.88 Å². The fourth-order valence-corrected chi connectivity index (χ4v) is 4.51. The van der Waals surface area contributed by atoms with E-state index in [9.17, 15) is 18.0 Å². The van der Waals surface area contributed by atoms with Crippen LogP contribution in [0, 0.1) is 5.92 Å². The summed E-state index contributed by atoms with van der Waals surface area (Å²) in [7, 11) is 1.87. The molecule has 0 aliphatic carbocycles. The van der Waals surface area contributed by atoms with E-state index in [-0.39, 0.29) is 10.9 Å². The SMILES string of the molecule is CNCC1CCN(C(=O)c2sc3cc(C(F)(F)F)ccc3c2Cl)C1. The first kappa shape index (κ1) is 17.5. The lowest BCUT2D eigenvalue weighted by Crippen LogP contribution is -2.29. The van der Waals surface area contributed by atoms with Crippen LogP contribution in [0.3, 0.4) is 0 Å². The standard InChI is InChI=1S/C16H16ClF3N2OS/c1-21-7-9-4-5-22(8-9)15(23)14-13(17)11-3-2-10(16(18,19)20)6-12(11)24-14/h2-3,6,9,21H,4-5,7-8H2,1H3. The van der Waals surface area contributed by atoms with Gasteiger partial charge < -0.3 is 10.2 Å². The summed E-state index contributed by atoms with van der Waals surface area (Å²) in [6.07, 6.45) is -3.50. The maximum absolute atomic E-state index is 12.8. The number of carbonyl (C=O) groups excluding carboxylic acids is 1. The van der Waals surface area contributed by atoms with Gasteiger partial charge in [0, 0.05) is 23.2 Å². The van der Waals surface area contributed by atoms with E-state index in [0.29, 0.717) is 34.0 Å². The van der Waals surface area contributed by atoms with Gasteiger partial charge in [0.05, 0.1) is 10.6 Å². The van der Waals surface area contributed by atoms with Crippen LogP contribution in [0.25, 0.3) is 10.1 Å². The van der Waals surface area contributed by atoms with Crippen LogP contribution in [-0.4, -0.2) is 37.5 Å². The first-order valence-corrected chi connectivity index (χ1v) is 8.74. The van der Waals surface area contributed by atoms with Gasteiger partial charge in [-0.25, -0.2) is 0 Å². The molecule has 1 aromatic heterocycles. The number of alkyl halides is 3. The molecule has 0 saturated carbocycles. The Morgan fingerprint density at radius 3 is 2.88 bits per heavy atom. The normalized spacial score (nSPS) is 18.5. The Morgan fingerprint density at radius 1 is 1.46 bits per heavy atom. The van der Waals surface area contributed by atoms with Crippen molar-refractivity contribution in [3.63, 3.8) is 0 Å². The van der Waals surface area contributed by atoms with Crippen LogP contribution >= 0.6 is 22.9 Å². The number of thiophene rings is 1. The third kappa shape index (κ3) is 3.25. The highest BCUT2D eigenvalue weighted by Crippen LogP contribution is 2.40. The number of halogens is 4. The average Bonchev–Trinajstić information content (AvgIpc) is 3.11. The molecular weight excluding hydrogens is 361 g/mol. The molecule has 0 radical (unpaired) electrons. The zero-order valence-electron chi connectivity index (χ0n) is 12.9. The van der Waals surface area contributed by atoms with Gasteiger partial charge in [-0.2, -0.15) is 13.2 Å². The number of nitrogens with one attached hydrogen (secondary N) is 1. The first-order valence-electron chi connectivity index (χ1n) is 7.54. The topological polar surface area (TPSA) is 32.3 Å². The number of hydrogen-bond acceptors (Lipinski definition) is 3. The molecule has 2 heterocycles. The molecule has 1 aliphatic rings. The van der Waals surface area contributed by atoms with Crippen molar-refractivity contribution in [3.05, 3.63) is 33.7 Å². The van der Waals surface area contributed by atoms with Crippen LogP contribution in [0.5, 0.6) is 0 Å². The highest BCUT2D eigenvalue weighted by molar-refractivity contribution is 7.21. The Kier molecular flexibility index (Phi) is 4.77. The molecule has 1 aliphatic heterocycles. The highest BCUT2D eigenvalue weighted by Gasteiger charge is 2.32. The molecule has 0 spiro atoms. The van der Waals surface area contributed by atoms with Crippen molar-refractivity contribution >= 4 is 38.9 Å². The number of rotatable bonds is 3. The summed E-state index contributed by atoms with van der Waals surface area (Å²) in [5, 5.41) is 3.83. The van der Waals surface area contributed by atoms with Gasteiger partial charge in [0.2, 0.25) is 0 Å². The molecule has 3 rings (SSSR count). The summed E-state index contributed by atoms with van der Waals surface area (Å²) in [5.41, 5.74) is -0.734. The Bertz CT molecular complexity index is 775. The zero-order valence-corrected chi connectivity index (χ0v) is 14.5. The van der Waals surface area contributed by atoms with Gasteiger partial charge in [0.25, 0.3) is 5.91 Å². The van der Waals surface area contributed by atoms with Crippen LogP contribution in [0.1, 0.15) is 21.7 Å². The van der Waals surface area contributed by atoms with Gasteiger partial charge in [0.15, 0.2) is 0 Å². The third-order valence-electron chi connectivity index (χ3n) is 4.22. The van der Waals surface area contributed by atoms with Gasteiger partial charge in [-0.15, -0.1) is 11.3 Å². The number of benzene rings is 1. The summed E-state index contributed by atoms with van der Waals surface area (Å²) in [6.45, 7) is 2.11. The summed E-state index contributed by atoms with van der Waals surface area (Å²) < 4.78 is 38.9. The number of hydrogen-bond donors (Lipinski definition) is 1. The molecule has 0 bridgehead atoms. The molecule has 1 aromatic carbocycles. The first-order chi connectivity index (χ1) is 11.3. The zero-order chi connectivity index (χ0) is 17.5. The van der Waals surface area contributed by atoms with E-state index in [1.807, 2.05) is 7.05 Å². The maximum atomic E-state index is 12.8. The van der Waals surface area contributed by atoms with Crippen molar-refractivity contribution in [1.82, 2.24) is 10.2 Å². The van der Waals surface area contributed by atoms with E-state index < -0.39 is 11.7 Å². The van der Waals surface area contributed by atoms with Crippen molar-refractivity contribution in [1.29, 1.82) is 0 Å². The fraction of sp³-hybridized carbons (Fsp3) is 0.438. The predicted molar refractivity (Wildman–Crippen MR) is 89.8 cm³/mol. The molecule has 1 amide bonds. The van der Waals surface area contributed by atoms with Crippen molar-refractivity contribution in [3.8, 4) is 0 Å². The largest absolute Gasteiger partial charge is 0.416 e. The molecule has 1 N–H and O–H groups in total. The van der Waals surface area contributed by atoms with E-state index in [4.69, 9.17) is 11.6 Å². The molecule has 1 fully saturated rings. The van der Waals surface area contributed by atoms with Gasteiger partial charge >= 0.3 is 6.18 Å². The van der Waals surface area contributed by atoms with Crippen LogP contribution in [0.15, 0.2) is 18.2 Å². The van der Waals surface area contributed by atoms with E-state index in [2.05, 4.69) is 5.32 Å². The number of carbonyl (C=O) groups is 1. The summed E-state index contributed by atoms with van der Waals surface area (Å²) >= 11 is 7.29. The summed E-state index contributed by atoms with van der Waals surface area (Å²) in [5.74, 6) is 0.192. The van der Waals surface area contributed by atoms with E-state index in [1.165, 1.54) is 6.07 Å². The van der Waals surface area contributed by atoms with E-state index in [1.54, 1.807) is 4.90 Å². The lowest BCUT2D eigenvalue weighted by atomic mass is 10.1. The molecule has 1 atom stereocenters. The molecule has 1 unspecified atom stereocenters. The Balaban J connectivity index is 1.90. The minimum Gasteiger partial charge on any atom is -0.338 e. The number of fused-ring (bicyclic) bond motifs is 1. The minimum absolute atomic E-state index is 0.201. The van der Waals surface area contributed by atoms with E-state index in [0.717, 1.165) is 36.4 Å². The number of likely N-dealkylation sites (tertiary alicyclic amines) is 1. The van der Waals surface area contributed by atoms with Crippen LogP contribution < -0.4 is 5.32 Å². The Morgan fingerprint density at radius 2 is 2.21 bits per heavy atom. The maximum Gasteiger partial charge on any atom is 0.416 e. The number of nitrogens with zero attached hydrogens (tertiary/aromatic N) is 1. The molecule has 130 valence electrons. The Labute approximate surface area is 146 Å². The van der Waals surface area contributed by atoms with Gasteiger partial charge in [-0.1, -0.05) is 17.7 Å². The average molecular weight is 377 g/mol. The number of amides is 1. The molecule has 1 saturated heterocycles. The lowest BCUT2D eigenvalue weighted by Gasteiger charge is -2.15. The third-order valence-corrected chi connectivity index (χ3v) is 5.86. The molecule has 3 nitrogen and oxygen atoms in total. The van der Waals surface area contributed by atoms with Crippen molar-refractivity contribution < 1.29 is 18.0 Å². The summed E-state index contributed by atoms with van der Waals surface area (Å²) in [4.78, 5) is 14.7. The molecule has 8 heteroatoms. The summed E-state index contributed by atoms with van der Waals surface area (Å²) in [6, 6.07) is 3.38. The molecular formula is C16H16ClF3N2OS. The monoisotopic (exact) mass is 376 g/mol. The van der Waals surface area contributed by atoms with Crippen LogP contribution in [-0.2, 0) is 6.18 Å². The van der Waals surface area contributed by atoms with Crippen molar-refractivity contribution in [2.75, 3.05) is 26.7 Å². The fourth-order valence-electron chi connectivity index (χ4n) is 3.00. The second kappa shape index (κ2) is 6.54. The second-order valence-electron chi connectivity index (χ2n) is 5.92. The second-order valence-corrected chi connectivity index (χ2v) is 7.35. The van der Waals surface area contributed by atoms with Crippen molar-refractivity contribution in [2.24, 2.45) is 5.92 Å². The van der Waals surface area contributed by atoms with Gasteiger partial charge in [-0.3, -0.25) is 4.79 Å². The Hall–Kier alpha value is -1.31. The quantitative estimate of drug-likeness (QED) is 0.868. The van der Waals surface area contributed by atoms with Crippen LogP contribution in [0.4, 0.5) is 13.2 Å². The lowest BCUT2D eigenvalue weighted by molar-refractivity contribution is -0.137. The van der Waals surface area contributed by atoms with E-state index >= 15 is 0 Å². The van der Waals surface area contributed by atoms with Gasteiger partial charge in [-0.05, 0) is 38.1 Å². The predicted octanol–water partition coefficient (Wildman–Crippen LogP) is 4.26. The molecule has 2 aromatic rings. The van der Waals surface area contributed by atoms with Crippen LogP contribution in [0.2, 0.25) is 5.02 Å².